The lowest BCUT2D eigenvalue weighted by molar-refractivity contribution is 0.210. The van der Waals surface area contributed by atoms with Crippen LogP contribution in [0.1, 0.15) is 41.0 Å². The maximum Gasteiger partial charge on any atom is -0.00204 e. The van der Waals surface area contributed by atoms with E-state index < -0.39 is 0 Å². The lowest BCUT2D eigenvalue weighted by atomic mass is 9.80. The molecular weight excluding hydrogens is 146 g/mol. The Morgan fingerprint density at radius 2 is 1.83 bits per heavy atom. The Labute approximate surface area is 77.9 Å². The summed E-state index contributed by atoms with van der Waals surface area (Å²) in [7, 11) is 0. The monoisotopic (exact) mass is 171 g/mol. The SMILES string of the molecule is CC.CC(C)C1CCNCC1C. The molecular formula is C11H25N. The summed E-state index contributed by atoms with van der Waals surface area (Å²) in [6, 6.07) is 0. The van der Waals surface area contributed by atoms with Crippen molar-refractivity contribution in [3.8, 4) is 0 Å². The third-order valence-electron chi connectivity index (χ3n) is 2.71. The van der Waals surface area contributed by atoms with Crippen molar-refractivity contribution in [1.82, 2.24) is 5.32 Å². The van der Waals surface area contributed by atoms with Crippen LogP contribution in [-0.2, 0) is 0 Å². The molecule has 0 spiro atoms. The molecule has 0 aliphatic carbocycles. The minimum absolute atomic E-state index is 0.872. The first kappa shape index (κ1) is 12.0. The highest BCUT2D eigenvalue weighted by molar-refractivity contribution is 4.76. The second kappa shape index (κ2) is 6.47. The Balaban J connectivity index is 0.000000561. The first-order chi connectivity index (χ1) is 5.72. The van der Waals surface area contributed by atoms with Crippen molar-refractivity contribution in [2.45, 2.75) is 41.0 Å². The van der Waals surface area contributed by atoms with Gasteiger partial charge in [0.1, 0.15) is 0 Å². The first-order valence-electron chi connectivity index (χ1n) is 5.42. The zero-order chi connectivity index (χ0) is 9.56. The van der Waals surface area contributed by atoms with Crippen molar-refractivity contribution in [2.24, 2.45) is 17.8 Å². The molecule has 0 aromatic carbocycles. The van der Waals surface area contributed by atoms with E-state index in [0.29, 0.717) is 0 Å². The fraction of sp³-hybridized carbons (Fsp3) is 1.00. The smallest absolute Gasteiger partial charge is 0.00204 e. The quantitative estimate of drug-likeness (QED) is 0.639. The van der Waals surface area contributed by atoms with Gasteiger partial charge in [0.05, 0.1) is 0 Å². The van der Waals surface area contributed by atoms with E-state index >= 15 is 0 Å². The summed E-state index contributed by atoms with van der Waals surface area (Å²) in [6.07, 6.45) is 1.37. The molecule has 0 aromatic heterocycles. The molecule has 2 atom stereocenters. The maximum atomic E-state index is 3.42. The average Bonchev–Trinajstić information content (AvgIpc) is 2.08. The minimum atomic E-state index is 0.872. The van der Waals surface area contributed by atoms with Gasteiger partial charge in [0, 0.05) is 0 Å². The van der Waals surface area contributed by atoms with Gasteiger partial charge in [-0.25, -0.2) is 0 Å². The van der Waals surface area contributed by atoms with Crippen LogP contribution >= 0.6 is 0 Å². The van der Waals surface area contributed by atoms with Crippen molar-refractivity contribution in [3.63, 3.8) is 0 Å². The molecule has 2 unspecified atom stereocenters. The van der Waals surface area contributed by atoms with Crippen molar-refractivity contribution in [1.29, 1.82) is 0 Å². The standard InChI is InChI=1S/C9H19N.C2H6/c1-7(2)9-4-5-10-6-8(9)3;1-2/h7-10H,4-6H2,1-3H3;1-2H3. The van der Waals surface area contributed by atoms with Gasteiger partial charge in [-0.1, -0.05) is 34.6 Å². The summed E-state index contributed by atoms with van der Waals surface area (Å²) in [5.41, 5.74) is 0. The molecule has 1 rings (SSSR count). The zero-order valence-electron chi connectivity index (χ0n) is 9.35. The van der Waals surface area contributed by atoms with E-state index in [1.54, 1.807) is 0 Å². The highest BCUT2D eigenvalue weighted by atomic mass is 14.9. The first-order valence-corrected chi connectivity index (χ1v) is 5.42. The molecule has 0 amide bonds. The minimum Gasteiger partial charge on any atom is -0.316 e. The Kier molecular flexibility index (Phi) is 6.45. The fourth-order valence-electron chi connectivity index (χ4n) is 2.02. The van der Waals surface area contributed by atoms with Gasteiger partial charge in [-0.05, 0) is 37.3 Å². The fourth-order valence-corrected chi connectivity index (χ4v) is 2.02. The molecule has 1 N–H and O–H groups in total. The molecule has 1 saturated heterocycles. The van der Waals surface area contributed by atoms with Gasteiger partial charge in [-0.3, -0.25) is 0 Å². The summed E-state index contributed by atoms with van der Waals surface area (Å²) in [6.45, 7) is 13.5. The van der Waals surface area contributed by atoms with Crippen LogP contribution in [-0.4, -0.2) is 13.1 Å². The van der Waals surface area contributed by atoms with Gasteiger partial charge in [-0.2, -0.15) is 0 Å². The van der Waals surface area contributed by atoms with E-state index in [2.05, 4.69) is 26.1 Å². The van der Waals surface area contributed by atoms with Crippen molar-refractivity contribution in [2.75, 3.05) is 13.1 Å². The van der Waals surface area contributed by atoms with Gasteiger partial charge in [-0.15, -0.1) is 0 Å². The summed E-state index contributed by atoms with van der Waals surface area (Å²) in [4.78, 5) is 0. The molecule has 1 heteroatoms. The zero-order valence-corrected chi connectivity index (χ0v) is 9.35. The number of piperidine rings is 1. The van der Waals surface area contributed by atoms with Crippen molar-refractivity contribution < 1.29 is 0 Å². The number of nitrogens with one attached hydrogen (secondary N) is 1. The Morgan fingerprint density at radius 1 is 1.25 bits per heavy atom. The summed E-state index contributed by atoms with van der Waals surface area (Å²) in [5.74, 6) is 2.71. The van der Waals surface area contributed by atoms with Crippen LogP contribution < -0.4 is 5.32 Å². The average molecular weight is 171 g/mol. The molecule has 0 bridgehead atoms. The predicted molar refractivity (Wildman–Crippen MR) is 56.3 cm³/mol. The normalized spacial score (nSPS) is 29.5. The van der Waals surface area contributed by atoms with Crippen LogP contribution in [0.15, 0.2) is 0 Å². The van der Waals surface area contributed by atoms with Crippen LogP contribution in [0.25, 0.3) is 0 Å². The molecule has 1 aliphatic rings. The summed E-state index contributed by atoms with van der Waals surface area (Å²) in [5, 5.41) is 3.42. The van der Waals surface area contributed by atoms with Gasteiger partial charge in [0.15, 0.2) is 0 Å². The van der Waals surface area contributed by atoms with E-state index in [4.69, 9.17) is 0 Å². The Morgan fingerprint density at radius 3 is 2.17 bits per heavy atom. The van der Waals surface area contributed by atoms with Gasteiger partial charge in [0.2, 0.25) is 0 Å². The van der Waals surface area contributed by atoms with Gasteiger partial charge < -0.3 is 5.32 Å². The molecule has 12 heavy (non-hydrogen) atoms. The lowest BCUT2D eigenvalue weighted by Crippen LogP contribution is -2.37. The molecule has 74 valence electrons. The Hall–Kier alpha value is -0.0400. The van der Waals surface area contributed by atoms with Crippen LogP contribution in [0.2, 0.25) is 0 Å². The molecule has 0 radical (unpaired) electrons. The summed E-state index contributed by atoms with van der Waals surface area (Å²) < 4.78 is 0. The maximum absolute atomic E-state index is 3.42. The second-order valence-electron chi connectivity index (χ2n) is 3.88. The Bertz CT molecular complexity index is 99.2. The van der Waals surface area contributed by atoms with Gasteiger partial charge >= 0.3 is 0 Å². The van der Waals surface area contributed by atoms with Gasteiger partial charge in [0.25, 0.3) is 0 Å². The molecule has 1 heterocycles. The molecule has 1 fully saturated rings. The number of rotatable bonds is 1. The number of hydrogen-bond acceptors (Lipinski definition) is 1. The van der Waals surface area contributed by atoms with E-state index in [0.717, 1.165) is 17.8 Å². The highest BCUT2D eigenvalue weighted by Crippen LogP contribution is 2.25. The topological polar surface area (TPSA) is 12.0 Å². The van der Waals surface area contributed by atoms with E-state index in [1.807, 2.05) is 13.8 Å². The van der Waals surface area contributed by atoms with E-state index in [1.165, 1.54) is 19.5 Å². The van der Waals surface area contributed by atoms with Crippen molar-refractivity contribution in [3.05, 3.63) is 0 Å². The number of hydrogen-bond donors (Lipinski definition) is 1. The summed E-state index contributed by atoms with van der Waals surface area (Å²) >= 11 is 0. The van der Waals surface area contributed by atoms with Crippen molar-refractivity contribution >= 4 is 0 Å². The predicted octanol–water partition coefficient (Wildman–Crippen LogP) is 2.91. The van der Waals surface area contributed by atoms with Crippen LogP contribution in [0, 0.1) is 17.8 Å². The molecule has 1 aliphatic heterocycles. The third kappa shape index (κ3) is 3.57. The largest absolute Gasteiger partial charge is 0.316 e. The molecule has 0 saturated carbocycles. The lowest BCUT2D eigenvalue weighted by Gasteiger charge is -2.32. The molecule has 1 nitrogen and oxygen atoms in total. The third-order valence-corrected chi connectivity index (χ3v) is 2.71. The molecule has 0 aromatic rings. The highest BCUT2D eigenvalue weighted by Gasteiger charge is 2.23. The van der Waals surface area contributed by atoms with E-state index in [-0.39, 0.29) is 0 Å². The van der Waals surface area contributed by atoms with Crippen LogP contribution in [0.3, 0.4) is 0 Å². The second-order valence-corrected chi connectivity index (χ2v) is 3.88. The van der Waals surface area contributed by atoms with E-state index in [9.17, 15) is 0 Å². The van der Waals surface area contributed by atoms with Crippen LogP contribution in [0.5, 0.6) is 0 Å². The van der Waals surface area contributed by atoms with Crippen LogP contribution in [0.4, 0.5) is 0 Å².